The molecule has 0 aromatic rings. The third kappa shape index (κ3) is 4.42. The molecule has 0 radical (unpaired) electrons. The van der Waals surface area contributed by atoms with E-state index >= 15 is 0 Å². The van der Waals surface area contributed by atoms with E-state index in [0.29, 0.717) is 0 Å². The van der Waals surface area contributed by atoms with E-state index in [1.165, 1.54) is 45.1 Å². The lowest BCUT2D eigenvalue weighted by atomic mass is 9.86. The SMILES string of the molecule is CCC(CN)CCN(C)C1CCC(C)CC1. The van der Waals surface area contributed by atoms with E-state index in [-0.39, 0.29) is 0 Å². The molecule has 0 bridgehead atoms. The Morgan fingerprint density at radius 1 is 1.25 bits per heavy atom. The molecule has 0 aliphatic heterocycles. The molecule has 2 N–H and O–H groups in total. The molecule has 16 heavy (non-hydrogen) atoms. The van der Waals surface area contributed by atoms with E-state index in [1.807, 2.05) is 0 Å². The first-order chi connectivity index (χ1) is 7.67. The highest BCUT2D eigenvalue weighted by atomic mass is 15.1. The zero-order valence-corrected chi connectivity index (χ0v) is 11.4. The molecule has 0 aromatic heterocycles. The summed E-state index contributed by atoms with van der Waals surface area (Å²) in [4.78, 5) is 2.57. The minimum Gasteiger partial charge on any atom is -0.330 e. The van der Waals surface area contributed by atoms with Crippen LogP contribution in [0.5, 0.6) is 0 Å². The lowest BCUT2D eigenvalue weighted by molar-refractivity contribution is 0.161. The van der Waals surface area contributed by atoms with Crippen LogP contribution in [0.4, 0.5) is 0 Å². The predicted molar refractivity (Wildman–Crippen MR) is 71.5 cm³/mol. The molecule has 1 atom stereocenters. The molecule has 0 amide bonds. The van der Waals surface area contributed by atoms with Crippen LogP contribution in [0.2, 0.25) is 0 Å². The van der Waals surface area contributed by atoms with E-state index in [1.54, 1.807) is 0 Å². The highest BCUT2D eigenvalue weighted by molar-refractivity contribution is 4.77. The van der Waals surface area contributed by atoms with Crippen LogP contribution in [0.25, 0.3) is 0 Å². The molecule has 0 heterocycles. The van der Waals surface area contributed by atoms with Gasteiger partial charge in [-0.25, -0.2) is 0 Å². The quantitative estimate of drug-likeness (QED) is 0.754. The summed E-state index contributed by atoms with van der Waals surface area (Å²) in [5.41, 5.74) is 5.75. The second-order valence-corrected chi connectivity index (χ2v) is 5.69. The average molecular weight is 226 g/mol. The normalized spacial score (nSPS) is 28.3. The summed E-state index contributed by atoms with van der Waals surface area (Å²) in [5, 5.41) is 0. The van der Waals surface area contributed by atoms with E-state index in [2.05, 4.69) is 25.8 Å². The van der Waals surface area contributed by atoms with Crippen LogP contribution in [0.1, 0.15) is 52.4 Å². The largest absolute Gasteiger partial charge is 0.330 e. The Hall–Kier alpha value is -0.0800. The van der Waals surface area contributed by atoms with Crippen molar-refractivity contribution in [2.24, 2.45) is 17.6 Å². The standard InChI is InChI=1S/C14H30N2/c1-4-13(11-15)9-10-16(3)14-7-5-12(2)6-8-14/h12-14H,4-11,15H2,1-3H3. The van der Waals surface area contributed by atoms with Gasteiger partial charge in [-0.1, -0.05) is 20.3 Å². The third-order valence-electron chi connectivity index (χ3n) is 4.41. The maximum absolute atomic E-state index is 5.75. The van der Waals surface area contributed by atoms with Gasteiger partial charge in [0.15, 0.2) is 0 Å². The summed E-state index contributed by atoms with van der Waals surface area (Å²) in [6.45, 7) is 6.72. The molecule has 1 aliphatic carbocycles. The predicted octanol–water partition coefficient (Wildman–Crippen LogP) is 2.87. The van der Waals surface area contributed by atoms with Gasteiger partial charge in [0.25, 0.3) is 0 Å². The Bertz CT molecular complexity index is 170. The van der Waals surface area contributed by atoms with Crippen molar-refractivity contribution >= 4 is 0 Å². The van der Waals surface area contributed by atoms with Crippen molar-refractivity contribution in [2.75, 3.05) is 20.1 Å². The van der Waals surface area contributed by atoms with E-state index < -0.39 is 0 Å². The molecule has 96 valence electrons. The number of rotatable bonds is 6. The van der Waals surface area contributed by atoms with Crippen LogP contribution in [-0.2, 0) is 0 Å². The fraction of sp³-hybridized carbons (Fsp3) is 1.00. The van der Waals surface area contributed by atoms with E-state index in [4.69, 9.17) is 5.73 Å². The topological polar surface area (TPSA) is 29.3 Å². The molecule has 0 spiro atoms. The Labute approximate surface area is 102 Å². The Morgan fingerprint density at radius 3 is 2.38 bits per heavy atom. The molecule has 0 saturated heterocycles. The summed E-state index contributed by atoms with van der Waals surface area (Å²) >= 11 is 0. The second-order valence-electron chi connectivity index (χ2n) is 5.69. The Kier molecular flexibility index (Phi) is 6.37. The highest BCUT2D eigenvalue weighted by Gasteiger charge is 2.21. The molecule has 0 aromatic carbocycles. The van der Waals surface area contributed by atoms with Crippen molar-refractivity contribution in [1.29, 1.82) is 0 Å². The zero-order valence-electron chi connectivity index (χ0n) is 11.4. The minimum absolute atomic E-state index is 0.727. The first-order valence-corrected chi connectivity index (χ1v) is 7.07. The molecule has 1 fully saturated rings. The van der Waals surface area contributed by atoms with Gasteiger partial charge in [-0.3, -0.25) is 0 Å². The van der Waals surface area contributed by atoms with Gasteiger partial charge in [-0.05, 0) is 64.1 Å². The first kappa shape index (κ1) is 14.0. The molecule has 1 saturated carbocycles. The van der Waals surface area contributed by atoms with Crippen molar-refractivity contribution in [1.82, 2.24) is 4.90 Å². The van der Waals surface area contributed by atoms with Gasteiger partial charge in [0.2, 0.25) is 0 Å². The summed E-state index contributed by atoms with van der Waals surface area (Å²) in [7, 11) is 2.30. The van der Waals surface area contributed by atoms with Gasteiger partial charge < -0.3 is 10.6 Å². The monoisotopic (exact) mass is 226 g/mol. The Morgan fingerprint density at radius 2 is 1.88 bits per heavy atom. The van der Waals surface area contributed by atoms with Crippen LogP contribution in [0.15, 0.2) is 0 Å². The molecule has 1 rings (SSSR count). The van der Waals surface area contributed by atoms with Crippen LogP contribution in [0, 0.1) is 11.8 Å². The number of hydrogen-bond donors (Lipinski definition) is 1. The van der Waals surface area contributed by atoms with Gasteiger partial charge in [-0.2, -0.15) is 0 Å². The molecule has 1 aliphatic rings. The van der Waals surface area contributed by atoms with Crippen LogP contribution >= 0.6 is 0 Å². The lowest BCUT2D eigenvalue weighted by Gasteiger charge is -2.34. The number of hydrogen-bond acceptors (Lipinski definition) is 2. The van der Waals surface area contributed by atoms with Crippen LogP contribution < -0.4 is 5.73 Å². The van der Waals surface area contributed by atoms with Crippen molar-refractivity contribution in [3.8, 4) is 0 Å². The fourth-order valence-corrected chi connectivity index (χ4v) is 2.74. The van der Waals surface area contributed by atoms with E-state index in [0.717, 1.165) is 24.4 Å². The molecule has 1 unspecified atom stereocenters. The van der Waals surface area contributed by atoms with Crippen LogP contribution in [0.3, 0.4) is 0 Å². The van der Waals surface area contributed by atoms with Gasteiger partial charge in [0, 0.05) is 6.04 Å². The summed E-state index contributed by atoms with van der Waals surface area (Å²) in [5.74, 6) is 1.68. The van der Waals surface area contributed by atoms with Crippen molar-refractivity contribution in [2.45, 2.75) is 58.4 Å². The van der Waals surface area contributed by atoms with Crippen molar-refractivity contribution in [3.63, 3.8) is 0 Å². The lowest BCUT2D eigenvalue weighted by Crippen LogP contribution is -2.36. The van der Waals surface area contributed by atoms with Gasteiger partial charge in [0.1, 0.15) is 0 Å². The summed E-state index contributed by atoms with van der Waals surface area (Å²) in [6.07, 6.45) is 8.14. The Balaban J connectivity index is 2.21. The van der Waals surface area contributed by atoms with Gasteiger partial charge in [-0.15, -0.1) is 0 Å². The molecule has 2 nitrogen and oxygen atoms in total. The smallest absolute Gasteiger partial charge is 0.00924 e. The van der Waals surface area contributed by atoms with E-state index in [9.17, 15) is 0 Å². The maximum atomic E-state index is 5.75. The highest BCUT2D eigenvalue weighted by Crippen LogP contribution is 2.26. The molecular formula is C14H30N2. The van der Waals surface area contributed by atoms with Crippen molar-refractivity contribution < 1.29 is 0 Å². The average Bonchev–Trinajstić information content (AvgIpc) is 2.31. The second kappa shape index (κ2) is 7.29. The summed E-state index contributed by atoms with van der Waals surface area (Å²) in [6, 6.07) is 0.839. The van der Waals surface area contributed by atoms with Crippen LogP contribution in [-0.4, -0.2) is 31.1 Å². The van der Waals surface area contributed by atoms with Gasteiger partial charge >= 0.3 is 0 Å². The minimum atomic E-state index is 0.727. The molecular weight excluding hydrogens is 196 g/mol. The third-order valence-corrected chi connectivity index (χ3v) is 4.41. The number of nitrogens with two attached hydrogens (primary N) is 1. The summed E-state index contributed by atoms with van der Waals surface area (Å²) < 4.78 is 0. The van der Waals surface area contributed by atoms with Crippen molar-refractivity contribution in [3.05, 3.63) is 0 Å². The molecule has 2 heteroatoms. The number of nitrogens with zero attached hydrogens (tertiary/aromatic N) is 1. The fourth-order valence-electron chi connectivity index (χ4n) is 2.74. The van der Waals surface area contributed by atoms with Gasteiger partial charge in [0.05, 0.1) is 0 Å². The first-order valence-electron chi connectivity index (χ1n) is 7.07. The maximum Gasteiger partial charge on any atom is 0.00924 e. The zero-order chi connectivity index (χ0) is 12.0.